The fourth-order valence-corrected chi connectivity index (χ4v) is 2.81. The van der Waals surface area contributed by atoms with Gasteiger partial charge in [0.25, 0.3) is 0 Å². The molecule has 5 nitrogen and oxygen atoms in total. The predicted molar refractivity (Wildman–Crippen MR) is 78.5 cm³/mol. The lowest BCUT2D eigenvalue weighted by molar-refractivity contribution is -0.665. The molecule has 2 rings (SSSR count). The number of piperidine rings is 1. The second kappa shape index (κ2) is 6.35. The van der Waals surface area contributed by atoms with Crippen molar-refractivity contribution in [3.05, 3.63) is 23.8 Å². The monoisotopic (exact) mass is 294 g/mol. The number of aromatic hydroxyl groups is 1. The molecule has 1 saturated heterocycles. The van der Waals surface area contributed by atoms with Crippen molar-refractivity contribution in [2.75, 3.05) is 20.2 Å². The summed E-state index contributed by atoms with van der Waals surface area (Å²) >= 11 is 0. The molecule has 1 fully saturated rings. The molecule has 1 heterocycles. The lowest BCUT2D eigenvalue weighted by Gasteiger charge is -2.35. The molecule has 1 aromatic rings. The summed E-state index contributed by atoms with van der Waals surface area (Å²) in [6, 6.07) is 4.58. The first kappa shape index (κ1) is 15.6. The minimum atomic E-state index is -0.530. The zero-order chi connectivity index (χ0) is 15.5. The number of hydrogen-bond acceptors (Lipinski definition) is 4. The Morgan fingerprint density at radius 1 is 1.33 bits per heavy atom. The molecule has 21 heavy (non-hydrogen) atoms. The summed E-state index contributed by atoms with van der Waals surface area (Å²) in [7, 11) is 1.51. The van der Waals surface area contributed by atoms with E-state index in [1.54, 1.807) is 6.07 Å². The summed E-state index contributed by atoms with van der Waals surface area (Å²) in [5.74, 6) is 0.250. The molecule has 5 heteroatoms. The molecule has 3 N–H and O–H groups in total. The number of esters is 1. The van der Waals surface area contributed by atoms with Gasteiger partial charge in [-0.15, -0.1) is 0 Å². The maximum absolute atomic E-state index is 12.3. The van der Waals surface area contributed by atoms with Gasteiger partial charge in [0, 0.05) is 24.8 Å². The number of quaternary nitrogens is 1. The van der Waals surface area contributed by atoms with Crippen LogP contribution in [0.15, 0.2) is 18.2 Å². The van der Waals surface area contributed by atoms with Crippen LogP contribution < -0.4 is 10.1 Å². The van der Waals surface area contributed by atoms with E-state index >= 15 is 0 Å². The third-order valence-electron chi connectivity index (χ3n) is 4.20. The molecule has 0 spiro atoms. The Morgan fingerprint density at radius 2 is 2.00 bits per heavy atom. The van der Waals surface area contributed by atoms with E-state index in [4.69, 9.17) is 9.47 Å². The summed E-state index contributed by atoms with van der Waals surface area (Å²) < 4.78 is 10.7. The van der Waals surface area contributed by atoms with Gasteiger partial charge in [-0.05, 0) is 26.0 Å². The van der Waals surface area contributed by atoms with Gasteiger partial charge in [-0.2, -0.15) is 0 Å². The highest BCUT2D eigenvalue weighted by Gasteiger charge is 2.36. The maximum Gasteiger partial charge on any atom is 0.342 e. The highest BCUT2D eigenvalue weighted by molar-refractivity contribution is 5.92. The summed E-state index contributed by atoms with van der Waals surface area (Å²) in [5.41, 5.74) is -0.358. The SMILES string of the molecule is COc1ccc(C(=O)OC(C)(C)C2CC[NH2+]CC2)c(O)c1. The van der Waals surface area contributed by atoms with Crippen molar-refractivity contribution in [2.45, 2.75) is 32.3 Å². The van der Waals surface area contributed by atoms with Crippen LogP contribution in [0.3, 0.4) is 0 Å². The van der Waals surface area contributed by atoms with Crippen molar-refractivity contribution in [1.82, 2.24) is 0 Å². The molecule has 116 valence electrons. The van der Waals surface area contributed by atoms with Crippen molar-refractivity contribution >= 4 is 5.97 Å². The number of methoxy groups -OCH3 is 1. The number of carbonyl (C=O) groups is 1. The fourth-order valence-electron chi connectivity index (χ4n) is 2.81. The minimum Gasteiger partial charge on any atom is -0.507 e. The number of phenolic OH excluding ortho intramolecular Hbond substituents is 1. The number of benzene rings is 1. The van der Waals surface area contributed by atoms with E-state index in [1.165, 1.54) is 19.2 Å². The van der Waals surface area contributed by atoms with Crippen LogP contribution in [0.5, 0.6) is 11.5 Å². The van der Waals surface area contributed by atoms with Crippen LogP contribution in [0.1, 0.15) is 37.0 Å². The second-order valence-corrected chi connectivity index (χ2v) is 6.02. The predicted octanol–water partition coefficient (Wildman–Crippen LogP) is 1.31. The van der Waals surface area contributed by atoms with Gasteiger partial charge in [0.1, 0.15) is 22.7 Å². The molecule has 1 aromatic carbocycles. The molecule has 1 aliphatic heterocycles. The van der Waals surface area contributed by atoms with E-state index in [2.05, 4.69) is 5.32 Å². The highest BCUT2D eigenvalue weighted by Crippen LogP contribution is 2.31. The van der Waals surface area contributed by atoms with Crippen LogP contribution >= 0.6 is 0 Å². The molecular weight excluding hydrogens is 270 g/mol. The Bertz CT molecular complexity index is 507. The van der Waals surface area contributed by atoms with Crippen LogP contribution in [0.4, 0.5) is 0 Å². The Labute approximate surface area is 125 Å². The summed E-state index contributed by atoms with van der Waals surface area (Å²) in [6.07, 6.45) is 2.07. The first-order valence-electron chi connectivity index (χ1n) is 7.36. The third-order valence-corrected chi connectivity index (χ3v) is 4.20. The molecule has 0 atom stereocenters. The molecule has 0 saturated carbocycles. The second-order valence-electron chi connectivity index (χ2n) is 6.02. The van der Waals surface area contributed by atoms with Gasteiger partial charge in [-0.3, -0.25) is 0 Å². The minimum absolute atomic E-state index is 0.118. The Morgan fingerprint density at radius 3 is 2.57 bits per heavy atom. The van der Waals surface area contributed by atoms with Gasteiger partial charge in [0.15, 0.2) is 0 Å². The van der Waals surface area contributed by atoms with Crippen molar-refractivity contribution in [2.24, 2.45) is 5.92 Å². The number of nitrogens with two attached hydrogens (primary N) is 1. The average Bonchev–Trinajstić information content (AvgIpc) is 2.47. The highest BCUT2D eigenvalue weighted by atomic mass is 16.6. The van der Waals surface area contributed by atoms with Gasteiger partial charge in [-0.25, -0.2) is 4.79 Å². The number of hydrogen-bond donors (Lipinski definition) is 2. The number of phenols is 1. The quantitative estimate of drug-likeness (QED) is 0.821. The summed E-state index contributed by atoms with van der Waals surface area (Å²) in [5, 5.41) is 12.2. The Hall–Kier alpha value is -1.75. The normalized spacial score (nSPS) is 16.5. The average molecular weight is 294 g/mol. The largest absolute Gasteiger partial charge is 0.507 e. The fraction of sp³-hybridized carbons (Fsp3) is 0.562. The molecule has 0 amide bonds. The van der Waals surface area contributed by atoms with Crippen molar-refractivity contribution < 1.29 is 24.7 Å². The van der Waals surface area contributed by atoms with Gasteiger partial charge in [0.2, 0.25) is 0 Å². The van der Waals surface area contributed by atoms with Crippen LogP contribution in [0.2, 0.25) is 0 Å². The molecule has 0 aliphatic carbocycles. The smallest absolute Gasteiger partial charge is 0.342 e. The molecule has 0 unspecified atom stereocenters. The van der Waals surface area contributed by atoms with Crippen molar-refractivity contribution in [3.63, 3.8) is 0 Å². The summed E-state index contributed by atoms with van der Waals surface area (Å²) in [6.45, 7) is 6.03. The Kier molecular flexibility index (Phi) is 4.73. The molecule has 0 bridgehead atoms. The van der Waals surface area contributed by atoms with Crippen molar-refractivity contribution in [1.29, 1.82) is 0 Å². The molecule has 1 aliphatic rings. The summed E-state index contributed by atoms with van der Waals surface area (Å²) in [4.78, 5) is 12.3. The third kappa shape index (κ3) is 3.67. The van der Waals surface area contributed by atoms with Crippen LogP contribution in [0, 0.1) is 5.92 Å². The van der Waals surface area contributed by atoms with Gasteiger partial charge < -0.3 is 19.9 Å². The van der Waals surface area contributed by atoms with E-state index in [1.807, 2.05) is 13.8 Å². The number of ether oxygens (including phenoxy) is 2. The number of rotatable bonds is 4. The van der Waals surface area contributed by atoms with E-state index < -0.39 is 11.6 Å². The van der Waals surface area contributed by atoms with E-state index in [0.29, 0.717) is 11.7 Å². The zero-order valence-electron chi connectivity index (χ0n) is 12.9. The first-order chi connectivity index (χ1) is 9.94. The lowest BCUT2D eigenvalue weighted by Crippen LogP contribution is -2.86. The van der Waals surface area contributed by atoms with Crippen LogP contribution in [-0.2, 0) is 4.74 Å². The van der Waals surface area contributed by atoms with E-state index in [9.17, 15) is 9.90 Å². The van der Waals surface area contributed by atoms with Gasteiger partial charge >= 0.3 is 5.97 Å². The molecule has 0 aromatic heterocycles. The number of carbonyl (C=O) groups excluding carboxylic acids is 1. The van der Waals surface area contributed by atoms with E-state index in [-0.39, 0.29) is 11.3 Å². The topological polar surface area (TPSA) is 72.4 Å². The van der Waals surface area contributed by atoms with E-state index in [0.717, 1.165) is 25.9 Å². The van der Waals surface area contributed by atoms with Gasteiger partial charge in [0.05, 0.1) is 20.2 Å². The van der Waals surface area contributed by atoms with Crippen LogP contribution in [0.25, 0.3) is 0 Å². The molecule has 0 radical (unpaired) electrons. The maximum atomic E-state index is 12.3. The first-order valence-corrected chi connectivity index (χ1v) is 7.36. The Balaban J connectivity index is 2.09. The van der Waals surface area contributed by atoms with Crippen molar-refractivity contribution in [3.8, 4) is 11.5 Å². The van der Waals surface area contributed by atoms with Crippen LogP contribution in [-0.4, -0.2) is 36.9 Å². The standard InChI is InChI=1S/C16H23NO4/c1-16(2,11-6-8-17-9-7-11)21-15(19)13-5-4-12(20-3)10-14(13)18/h4-5,10-11,17-18H,6-9H2,1-3H3/p+1. The molecular formula is C16H24NO4+. The van der Waals surface area contributed by atoms with Gasteiger partial charge in [-0.1, -0.05) is 0 Å². The lowest BCUT2D eigenvalue weighted by atomic mass is 9.83. The zero-order valence-corrected chi connectivity index (χ0v) is 12.9.